The summed E-state index contributed by atoms with van der Waals surface area (Å²) in [6, 6.07) is 4.36. The number of rotatable bonds is 4. The number of hydrogen-bond acceptors (Lipinski definition) is 3. The van der Waals surface area contributed by atoms with Gasteiger partial charge in [0, 0.05) is 12.6 Å². The van der Waals surface area contributed by atoms with Gasteiger partial charge in [-0.25, -0.2) is 0 Å². The van der Waals surface area contributed by atoms with Gasteiger partial charge in [-0.3, -0.25) is 4.90 Å². The number of ether oxygens (including phenoxy) is 1. The van der Waals surface area contributed by atoms with Crippen LogP contribution >= 0.6 is 11.6 Å². The SMILES string of the molecule is CCC1CCCN1Cc1cc(Cl)c(O)c(OC)c1. The van der Waals surface area contributed by atoms with Gasteiger partial charge >= 0.3 is 0 Å². The summed E-state index contributed by atoms with van der Waals surface area (Å²) in [6.07, 6.45) is 3.73. The normalized spacial score (nSPS) is 20.3. The Hall–Kier alpha value is -0.930. The van der Waals surface area contributed by atoms with E-state index in [1.165, 1.54) is 19.3 Å². The molecule has 1 aromatic rings. The smallest absolute Gasteiger partial charge is 0.176 e. The lowest BCUT2D eigenvalue weighted by Crippen LogP contribution is -2.28. The lowest BCUT2D eigenvalue weighted by Gasteiger charge is -2.23. The number of phenolic OH excluding ortho intramolecular Hbond substituents is 1. The maximum atomic E-state index is 9.71. The number of benzene rings is 1. The van der Waals surface area contributed by atoms with Gasteiger partial charge in [-0.05, 0) is 43.5 Å². The highest BCUT2D eigenvalue weighted by molar-refractivity contribution is 6.32. The number of nitrogens with zero attached hydrogens (tertiary/aromatic N) is 1. The molecule has 100 valence electrons. The van der Waals surface area contributed by atoms with E-state index in [2.05, 4.69) is 11.8 Å². The largest absolute Gasteiger partial charge is 0.503 e. The molecule has 1 atom stereocenters. The van der Waals surface area contributed by atoms with Crippen LogP contribution in [0.25, 0.3) is 0 Å². The quantitative estimate of drug-likeness (QED) is 0.909. The van der Waals surface area contributed by atoms with Gasteiger partial charge in [0.25, 0.3) is 0 Å². The predicted octanol–water partition coefficient (Wildman–Crippen LogP) is 3.43. The van der Waals surface area contributed by atoms with Gasteiger partial charge in [0.1, 0.15) is 0 Å². The van der Waals surface area contributed by atoms with Crippen molar-refractivity contribution in [2.75, 3.05) is 13.7 Å². The minimum Gasteiger partial charge on any atom is -0.503 e. The Balaban J connectivity index is 2.16. The summed E-state index contributed by atoms with van der Waals surface area (Å²) in [7, 11) is 1.54. The van der Waals surface area contributed by atoms with Crippen LogP contribution in [0.1, 0.15) is 31.7 Å². The fourth-order valence-electron chi connectivity index (χ4n) is 2.67. The van der Waals surface area contributed by atoms with Crippen LogP contribution in [-0.2, 0) is 6.54 Å². The van der Waals surface area contributed by atoms with Crippen molar-refractivity contribution in [3.8, 4) is 11.5 Å². The van der Waals surface area contributed by atoms with Crippen LogP contribution in [0.5, 0.6) is 11.5 Å². The molecule has 18 heavy (non-hydrogen) atoms. The zero-order chi connectivity index (χ0) is 13.1. The molecule has 1 fully saturated rings. The summed E-state index contributed by atoms with van der Waals surface area (Å²) in [5.74, 6) is 0.473. The van der Waals surface area contributed by atoms with Gasteiger partial charge in [0.05, 0.1) is 12.1 Å². The van der Waals surface area contributed by atoms with Crippen molar-refractivity contribution in [3.63, 3.8) is 0 Å². The fraction of sp³-hybridized carbons (Fsp3) is 0.571. The molecule has 0 radical (unpaired) electrons. The van der Waals surface area contributed by atoms with E-state index in [4.69, 9.17) is 16.3 Å². The number of aromatic hydroxyl groups is 1. The zero-order valence-corrected chi connectivity index (χ0v) is 11.7. The van der Waals surface area contributed by atoms with E-state index in [-0.39, 0.29) is 5.75 Å². The molecule has 1 unspecified atom stereocenters. The Morgan fingerprint density at radius 2 is 2.28 bits per heavy atom. The van der Waals surface area contributed by atoms with Gasteiger partial charge < -0.3 is 9.84 Å². The highest BCUT2D eigenvalue weighted by Gasteiger charge is 2.23. The molecule has 1 aliphatic heterocycles. The second-order valence-electron chi connectivity index (χ2n) is 4.80. The molecule has 0 aliphatic carbocycles. The Morgan fingerprint density at radius 3 is 2.94 bits per heavy atom. The highest BCUT2D eigenvalue weighted by Crippen LogP contribution is 2.35. The molecule has 3 nitrogen and oxygen atoms in total. The van der Waals surface area contributed by atoms with Gasteiger partial charge in [-0.15, -0.1) is 0 Å². The predicted molar refractivity (Wildman–Crippen MR) is 73.4 cm³/mol. The first-order chi connectivity index (χ1) is 8.65. The summed E-state index contributed by atoms with van der Waals surface area (Å²) >= 11 is 6.00. The molecule has 4 heteroatoms. The maximum Gasteiger partial charge on any atom is 0.176 e. The Labute approximate surface area is 113 Å². The molecule has 1 N–H and O–H groups in total. The van der Waals surface area contributed by atoms with Crippen molar-refractivity contribution in [1.82, 2.24) is 4.90 Å². The van der Waals surface area contributed by atoms with Crippen molar-refractivity contribution in [2.45, 2.75) is 38.8 Å². The molecule has 1 saturated heterocycles. The average molecular weight is 270 g/mol. The van der Waals surface area contributed by atoms with Gasteiger partial charge in [0.2, 0.25) is 0 Å². The fourth-order valence-corrected chi connectivity index (χ4v) is 2.91. The number of methoxy groups -OCH3 is 1. The van der Waals surface area contributed by atoms with Crippen molar-refractivity contribution in [3.05, 3.63) is 22.7 Å². The lowest BCUT2D eigenvalue weighted by molar-refractivity contribution is 0.239. The second kappa shape index (κ2) is 5.81. The van der Waals surface area contributed by atoms with Crippen LogP contribution < -0.4 is 4.74 Å². The average Bonchev–Trinajstić information content (AvgIpc) is 2.80. The van der Waals surface area contributed by atoms with Gasteiger partial charge in [-0.2, -0.15) is 0 Å². The van der Waals surface area contributed by atoms with Gasteiger partial charge in [-0.1, -0.05) is 18.5 Å². The van der Waals surface area contributed by atoms with Crippen LogP contribution in [-0.4, -0.2) is 29.7 Å². The molecule has 0 aromatic heterocycles. The summed E-state index contributed by atoms with van der Waals surface area (Å²) < 4.78 is 5.13. The van der Waals surface area contributed by atoms with E-state index >= 15 is 0 Å². The highest BCUT2D eigenvalue weighted by atomic mass is 35.5. The molecular formula is C14H20ClNO2. The van der Waals surface area contributed by atoms with Crippen LogP contribution in [0.3, 0.4) is 0 Å². The van der Waals surface area contributed by atoms with Crippen LogP contribution in [0, 0.1) is 0 Å². The summed E-state index contributed by atoms with van der Waals surface area (Å²) in [5.41, 5.74) is 1.09. The number of phenols is 1. The topological polar surface area (TPSA) is 32.7 Å². The first-order valence-corrected chi connectivity index (χ1v) is 6.83. The molecular weight excluding hydrogens is 250 g/mol. The van der Waals surface area contributed by atoms with Crippen molar-refractivity contribution < 1.29 is 9.84 Å². The number of likely N-dealkylation sites (tertiary alicyclic amines) is 1. The Morgan fingerprint density at radius 1 is 1.50 bits per heavy atom. The third-order valence-corrected chi connectivity index (χ3v) is 3.95. The summed E-state index contributed by atoms with van der Waals surface area (Å²) in [5, 5.41) is 10.1. The molecule has 0 bridgehead atoms. The van der Waals surface area contributed by atoms with Crippen molar-refractivity contribution >= 4 is 11.6 Å². The molecule has 0 saturated carbocycles. The number of hydrogen-bond donors (Lipinski definition) is 1. The first kappa shape index (κ1) is 13.5. The van der Waals surface area contributed by atoms with Crippen molar-refractivity contribution in [1.29, 1.82) is 0 Å². The molecule has 1 aromatic carbocycles. The van der Waals surface area contributed by atoms with Gasteiger partial charge in [0.15, 0.2) is 11.5 Å². The Kier molecular flexibility index (Phi) is 4.36. The third-order valence-electron chi connectivity index (χ3n) is 3.66. The second-order valence-corrected chi connectivity index (χ2v) is 5.21. The van der Waals surface area contributed by atoms with E-state index in [1.807, 2.05) is 12.1 Å². The van der Waals surface area contributed by atoms with Crippen LogP contribution in [0.15, 0.2) is 12.1 Å². The monoisotopic (exact) mass is 269 g/mol. The molecule has 2 rings (SSSR count). The molecule has 1 aliphatic rings. The zero-order valence-electron chi connectivity index (χ0n) is 10.9. The minimum atomic E-state index is 0.0244. The Bertz CT molecular complexity index is 423. The van der Waals surface area contributed by atoms with E-state index in [9.17, 15) is 5.11 Å². The molecule has 1 heterocycles. The summed E-state index contributed by atoms with van der Waals surface area (Å²) in [4.78, 5) is 2.47. The van der Waals surface area contributed by atoms with E-state index in [0.717, 1.165) is 18.7 Å². The van der Waals surface area contributed by atoms with E-state index < -0.39 is 0 Å². The molecule has 0 amide bonds. The maximum absolute atomic E-state index is 9.71. The number of halogens is 1. The minimum absolute atomic E-state index is 0.0244. The van der Waals surface area contributed by atoms with Crippen LogP contribution in [0.4, 0.5) is 0 Å². The lowest BCUT2D eigenvalue weighted by atomic mass is 10.1. The van der Waals surface area contributed by atoms with Crippen molar-refractivity contribution in [2.24, 2.45) is 0 Å². The van der Waals surface area contributed by atoms with E-state index in [1.54, 1.807) is 7.11 Å². The standard InChI is InChI=1S/C14H20ClNO2/c1-3-11-5-4-6-16(11)9-10-7-12(15)14(17)13(8-10)18-2/h7-8,11,17H,3-6,9H2,1-2H3. The van der Waals surface area contributed by atoms with Crippen LogP contribution in [0.2, 0.25) is 5.02 Å². The first-order valence-electron chi connectivity index (χ1n) is 6.45. The summed E-state index contributed by atoms with van der Waals surface area (Å²) in [6.45, 7) is 4.24. The van der Waals surface area contributed by atoms with E-state index in [0.29, 0.717) is 16.8 Å². The third kappa shape index (κ3) is 2.73. The molecule has 0 spiro atoms.